The number of thioether (sulfide) groups is 1. The maximum absolute atomic E-state index is 10.3. The van der Waals surface area contributed by atoms with Crippen LogP contribution < -0.4 is 4.90 Å². The van der Waals surface area contributed by atoms with Crippen molar-refractivity contribution in [2.24, 2.45) is 0 Å². The topological polar surface area (TPSA) is 26.7 Å². The molecule has 1 saturated heterocycles. The van der Waals surface area contributed by atoms with E-state index in [1.165, 1.54) is 16.1 Å². The lowest BCUT2D eigenvalue weighted by Crippen LogP contribution is -2.48. The summed E-state index contributed by atoms with van der Waals surface area (Å²) in [6.07, 6.45) is -0.302. The second-order valence-corrected chi connectivity index (χ2v) is 8.08. The average Bonchev–Trinajstić information content (AvgIpc) is 2.62. The Kier molecular flexibility index (Phi) is 6.65. The van der Waals surface area contributed by atoms with Gasteiger partial charge in [-0.1, -0.05) is 35.4 Å². The highest BCUT2D eigenvalue weighted by Crippen LogP contribution is 2.22. The van der Waals surface area contributed by atoms with Crippen LogP contribution in [0, 0.1) is 6.92 Å². The lowest BCUT2D eigenvalue weighted by atomic mass is 10.2. The van der Waals surface area contributed by atoms with E-state index in [4.69, 9.17) is 11.6 Å². The van der Waals surface area contributed by atoms with Crippen LogP contribution in [0.2, 0.25) is 5.02 Å². The van der Waals surface area contributed by atoms with Crippen LogP contribution in [0.5, 0.6) is 0 Å². The number of rotatable bonds is 6. The Morgan fingerprint density at radius 3 is 2.48 bits per heavy atom. The highest BCUT2D eigenvalue weighted by Gasteiger charge is 2.19. The number of anilines is 1. The fourth-order valence-corrected chi connectivity index (χ4v) is 4.04. The molecule has 1 aliphatic rings. The van der Waals surface area contributed by atoms with Crippen molar-refractivity contribution in [3.63, 3.8) is 0 Å². The number of benzene rings is 2. The Hall–Kier alpha value is -1.20. The summed E-state index contributed by atoms with van der Waals surface area (Å²) in [5.41, 5.74) is 2.45. The van der Waals surface area contributed by atoms with Gasteiger partial charge < -0.3 is 10.0 Å². The van der Waals surface area contributed by atoms with Crippen LogP contribution in [0.1, 0.15) is 5.56 Å². The van der Waals surface area contributed by atoms with Crippen LogP contribution >= 0.6 is 23.4 Å². The standard InChI is InChI=1S/C20H25ClN2OS/c1-16-5-7-20(8-6-16)25-15-19(24)14-22-9-11-23(12-10-22)18-4-2-3-17(21)13-18/h2-8,13,19,24H,9-12,14-15H2,1H3. The molecule has 1 heterocycles. The normalized spacial score (nSPS) is 16.8. The summed E-state index contributed by atoms with van der Waals surface area (Å²) < 4.78 is 0. The van der Waals surface area contributed by atoms with Gasteiger partial charge in [0, 0.05) is 54.1 Å². The SMILES string of the molecule is Cc1ccc(SCC(O)CN2CCN(c3cccc(Cl)c3)CC2)cc1. The molecule has 0 aliphatic carbocycles. The Bertz CT molecular complexity index is 672. The van der Waals surface area contributed by atoms with E-state index in [0.717, 1.165) is 43.5 Å². The maximum atomic E-state index is 10.3. The van der Waals surface area contributed by atoms with E-state index in [1.807, 2.05) is 18.2 Å². The number of hydrogen-bond donors (Lipinski definition) is 1. The third kappa shape index (κ3) is 5.65. The van der Waals surface area contributed by atoms with E-state index in [-0.39, 0.29) is 6.10 Å². The summed E-state index contributed by atoms with van der Waals surface area (Å²) in [5.74, 6) is 0.734. The molecular weight excluding hydrogens is 352 g/mol. The van der Waals surface area contributed by atoms with Crippen molar-refractivity contribution >= 4 is 29.1 Å². The minimum atomic E-state index is -0.302. The third-order valence-corrected chi connectivity index (χ3v) is 5.87. The summed E-state index contributed by atoms with van der Waals surface area (Å²) in [5, 5.41) is 11.1. The first kappa shape index (κ1) is 18.6. The lowest BCUT2D eigenvalue weighted by molar-refractivity contribution is 0.126. The van der Waals surface area contributed by atoms with E-state index < -0.39 is 0 Å². The Labute approximate surface area is 159 Å². The van der Waals surface area contributed by atoms with Crippen LogP contribution in [-0.2, 0) is 0 Å². The Morgan fingerprint density at radius 1 is 1.08 bits per heavy atom. The van der Waals surface area contributed by atoms with Gasteiger partial charge in [0.2, 0.25) is 0 Å². The van der Waals surface area contributed by atoms with E-state index in [1.54, 1.807) is 11.8 Å². The zero-order chi connectivity index (χ0) is 17.6. The van der Waals surface area contributed by atoms with Gasteiger partial charge in [-0.25, -0.2) is 0 Å². The molecule has 0 aromatic heterocycles. The van der Waals surface area contributed by atoms with Gasteiger partial charge in [0.1, 0.15) is 0 Å². The molecule has 0 saturated carbocycles. The fourth-order valence-electron chi connectivity index (χ4n) is 3.04. The van der Waals surface area contributed by atoms with Crippen molar-refractivity contribution in [1.82, 2.24) is 4.90 Å². The average molecular weight is 377 g/mol. The second kappa shape index (κ2) is 8.95. The molecule has 2 aromatic carbocycles. The number of halogens is 1. The van der Waals surface area contributed by atoms with Gasteiger partial charge in [-0.15, -0.1) is 11.8 Å². The molecule has 3 rings (SSSR count). The van der Waals surface area contributed by atoms with Gasteiger partial charge >= 0.3 is 0 Å². The third-order valence-electron chi connectivity index (χ3n) is 4.48. The van der Waals surface area contributed by atoms with Gasteiger partial charge in [0.05, 0.1) is 6.10 Å². The van der Waals surface area contributed by atoms with E-state index in [9.17, 15) is 5.11 Å². The van der Waals surface area contributed by atoms with Crippen molar-refractivity contribution in [1.29, 1.82) is 0 Å². The van der Waals surface area contributed by atoms with E-state index in [0.29, 0.717) is 0 Å². The number of β-amino-alcohol motifs (C(OH)–C–C–N with tert-alkyl or cyclic N) is 1. The molecule has 0 bridgehead atoms. The van der Waals surface area contributed by atoms with Gasteiger partial charge in [0.25, 0.3) is 0 Å². The second-order valence-electron chi connectivity index (χ2n) is 6.55. The predicted octanol–water partition coefficient (Wildman–Crippen LogP) is 3.92. The molecule has 1 aliphatic heterocycles. The first-order valence-corrected chi connectivity index (χ1v) is 10.1. The van der Waals surface area contributed by atoms with Crippen molar-refractivity contribution in [3.05, 3.63) is 59.1 Å². The predicted molar refractivity (Wildman–Crippen MR) is 108 cm³/mol. The minimum absolute atomic E-state index is 0.302. The first-order valence-electron chi connectivity index (χ1n) is 8.70. The molecular formula is C20H25ClN2OS. The quantitative estimate of drug-likeness (QED) is 0.773. The van der Waals surface area contributed by atoms with Crippen molar-refractivity contribution < 1.29 is 5.11 Å². The summed E-state index contributed by atoms with van der Waals surface area (Å²) >= 11 is 7.81. The molecule has 1 fully saturated rings. The fraction of sp³-hybridized carbons (Fsp3) is 0.400. The monoisotopic (exact) mass is 376 g/mol. The number of aliphatic hydroxyl groups excluding tert-OH is 1. The maximum Gasteiger partial charge on any atom is 0.0760 e. The summed E-state index contributed by atoms with van der Waals surface area (Å²) in [7, 11) is 0. The van der Waals surface area contributed by atoms with Crippen LogP contribution in [-0.4, -0.2) is 54.6 Å². The van der Waals surface area contributed by atoms with Gasteiger partial charge in [0.15, 0.2) is 0 Å². The number of aliphatic hydroxyl groups is 1. The van der Waals surface area contributed by atoms with Crippen molar-refractivity contribution in [3.8, 4) is 0 Å². The van der Waals surface area contributed by atoms with Crippen molar-refractivity contribution in [2.45, 2.75) is 17.9 Å². The Balaban J connectivity index is 1.41. The van der Waals surface area contributed by atoms with Crippen LogP contribution in [0.15, 0.2) is 53.4 Å². The van der Waals surface area contributed by atoms with Crippen LogP contribution in [0.4, 0.5) is 5.69 Å². The van der Waals surface area contributed by atoms with Crippen molar-refractivity contribution in [2.75, 3.05) is 43.4 Å². The van der Waals surface area contributed by atoms with Crippen LogP contribution in [0.3, 0.4) is 0 Å². The summed E-state index contributed by atoms with van der Waals surface area (Å²) in [4.78, 5) is 5.92. The Morgan fingerprint density at radius 2 is 1.80 bits per heavy atom. The van der Waals surface area contributed by atoms with Gasteiger partial charge in [-0.05, 0) is 37.3 Å². The number of nitrogens with zero attached hydrogens (tertiary/aromatic N) is 2. The molecule has 3 nitrogen and oxygen atoms in total. The first-order chi connectivity index (χ1) is 12.1. The zero-order valence-electron chi connectivity index (χ0n) is 14.6. The minimum Gasteiger partial charge on any atom is -0.391 e. The molecule has 0 amide bonds. The lowest BCUT2D eigenvalue weighted by Gasteiger charge is -2.37. The highest BCUT2D eigenvalue weighted by molar-refractivity contribution is 7.99. The molecule has 25 heavy (non-hydrogen) atoms. The molecule has 0 radical (unpaired) electrons. The number of aryl methyl sites for hydroxylation is 1. The van der Waals surface area contributed by atoms with E-state index >= 15 is 0 Å². The smallest absolute Gasteiger partial charge is 0.0760 e. The highest BCUT2D eigenvalue weighted by atomic mass is 35.5. The summed E-state index contributed by atoms with van der Waals surface area (Å²) in [6.45, 7) is 6.71. The van der Waals surface area contributed by atoms with Crippen LogP contribution in [0.25, 0.3) is 0 Å². The molecule has 2 aromatic rings. The molecule has 1 N–H and O–H groups in total. The van der Waals surface area contributed by atoms with E-state index in [2.05, 4.69) is 47.1 Å². The molecule has 5 heteroatoms. The molecule has 134 valence electrons. The number of piperazine rings is 1. The summed E-state index contributed by atoms with van der Waals surface area (Å²) in [6, 6.07) is 16.5. The van der Waals surface area contributed by atoms with Gasteiger partial charge in [-0.3, -0.25) is 4.90 Å². The zero-order valence-corrected chi connectivity index (χ0v) is 16.1. The molecule has 1 unspecified atom stereocenters. The molecule has 0 spiro atoms. The largest absolute Gasteiger partial charge is 0.391 e. The number of hydrogen-bond acceptors (Lipinski definition) is 4. The van der Waals surface area contributed by atoms with Gasteiger partial charge in [-0.2, -0.15) is 0 Å². The molecule has 1 atom stereocenters.